The molecule has 0 saturated heterocycles. The molecule has 92 valence electrons. The number of carbonyl (C=O) groups is 1. The largest absolute Gasteiger partial charge is 0.507 e. The summed E-state index contributed by atoms with van der Waals surface area (Å²) in [6.07, 6.45) is 0. The molecule has 1 aromatic rings. The maximum absolute atomic E-state index is 11.1. The lowest BCUT2D eigenvalue weighted by Gasteiger charge is -2.08. The van der Waals surface area contributed by atoms with Gasteiger partial charge in [0.1, 0.15) is 5.75 Å². The molecule has 0 unspecified atom stereocenters. The normalized spacial score (nSPS) is 25.6. The van der Waals surface area contributed by atoms with Crippen molar-refractivity contribution in [1.82, 2.24) is 0 Å². The summed E-state index contributed by atoms with van der Waals surface area (Å²) >= 11 is 0. The van der Waals surface area contributed by atoms with E-state index in [2.05, 4.69) is 0 Å². The van der Waals surface area contributed by atoms with Gasteiger partial charge in [-0.1, -0.05) is 26.0 Å². The molecule has 1 aromatic carbocycles. The van der Waals surface area contributed by atoms with Gasteiger partial charge in [-0.2, -0.15) is 0 Å². The molecule has 0 aromatic heterocycles. The zero-order chi connectivity index (χ0) is 13.0. The van der Waals surface area contributed by atoms with E-state index in [1.54, 1.807) is 0 Å². The zero-order valence-electron chi connectivity index (χ0n) is 10.6. The third kappa shape index (κ3) is 1.70. The van der Waals surface area contributed by atoms with Crippen molar-refractivity contribution >= 4 is 5.97 Å². The van der Waals surface area contributed by atoms with E-state index in [4.69, 9.17) is 5.11 Å². The summed E-state index contributed by atoms with van der Waals surface area (Å²) in [5, 5.41) is 18.9. The number of rotatable bonds is 2. The lowest BCUT2D eigenvalue weighted by molar-refractivity contribution is -0.139. The standard InChI is InChI=1S/C14H18O3/c1-7-5-9(6-8(2)12(7)15)10-11(13(16)17)14(10,3)4/h5-6,10-11,15H,1-4H3,(H,16,17)/t10-,11+/m1/s1. The Labute approximate surface area is 101 Å². The second-order valence-corrected chi connectivity index (χ2v) is 5.62. The second kappa shape index (κ2) is 3.49. The molecule has 3 nitrogen and oxygen atoms in total. The number of phenols is 1. The number of carboxylic acids is 1. The van der Waals surface area contributed by atoms with Crippen molar-refractivity contribution in [2.24, 2.45) is 11.3 Å². The number of aliphatic carboxylic acids is 1. The van der Waals surface area contributed by atoms with Gasteiger partial charge in [0.05, 0.1) is 5.92 Å². The first-order chi connectivity index (χ1) is 7.76. The molecular weight excluding hydrogens is 216 g/mol. The Kier molecular flexibility index (Phi) is 2.45. The number of hydrogen-bond donors (Lipinski definition) is 2. The van der Waals surface area contributed by atoms with Gasteiger partial charge in [0.25, 0.3) is 0 Å². The highest BCUT2D eigenvalue weighted by molar-refractivity contribution is 5.77. The summed E-state index contributed by atoms with van der Waals surface area (Å²) < 4.78 is 0. The van der Waals surface area contributed by atoms with Crippen molar-refractivity contribution in [3.63, 3.8) is 0 Å². The van der Waals surface area contributed by atoms with Crippen LogP contribution in [-0.4, -0.2) is 16.2 Å². The van der Waals surface area contributed by atoms with Gasteiger partial charge in [0, 0.05) is 5.92 Å². The van der Waals surface area contributed by atoms with Crippen LogP contribution in [0.25, 0.3) is 0 Å². The predicted molar refractivity (Wildman–Crippen MR) is 65.2 cm³/mol. The smallest absolute Gasteiger partial charge is 0.307 e. The van der Waals surface area contributed by atoms with E-state index in [0.29, 0.717) is 5.75 Å². The predicted octanol–water partition coefficient (Wildman–Crippen LogP) is 2.83. The Morgan fingerprint density at radius 1 is 1.24 bits per heavy atom. The summed E-state index contributed by atoms with van der Waals surface area (Å²) in [7, 11) is 0. The Hall–Kier alpha value is -1.51. The highest BCUT2D eigenvalue weighted by Gasteiger charge is 2.62. The number of phenolic OH excluding ortho intramolecular Hbond substituents is 1. The Bertz CT molecular complexity index is 465. The number of aromatic hydroxyl groups is 1. The van der Waals surface area contributed by atoms with Crippen LogP contribution in [-0.2, 0) is 4.79 Å². The van der Waals surface area contributed by atoms with Crippen LogP contribution >= 0.6 is 0 Å². The molecule has 0 aliphatic heterocycles. The maximum Gasteiger partial charge on any atom is 0.307 e. The van der Waals surface area contributed by atoms with E-state index >= 15 is 0 Å². The third-order valence-corrected chi connectivity index (χ3v) is 3.97. The van der Waals surface area contributed by atoms with Crippen molar-refractivity contribution in [1.29, 1.82) is 0 Å². The van der Waals surface area contributed by atoms with Crippen LogP contribution in [0.1, 0.15) is 36.5 Å². The van der Waals surface area contributed by atoms with Gasteiger partial charge < -0.3 is 10.2 Å². The minimum absolute atomic E-state index is 0.0537. The SMILES string of the molecule is Cc1cc([C@@H]2[C@@H](C(=O)O)C2(C)C)cc(C)c1O. The van der Waals surface area contributed by atoms with Crippen LogP contribution in [0.4, 0.5) is 0 Å². The molecule has 17 heavy (non-hydrogen) atoms. The maximum atomic E-state index is 11.1. The molecule has 0 spiro atoms. The molecule has 1 aliphatic carbocycles. The molecular formula is C14H18O3. The topological polar surface area (TPSA) is 57.5 Å². The number of carboxylic acid groups (broad SMARTS) is 1. The molecule has 2 rings (SSSR count). The van der Waals surface area contributed by atoms with Crippen molar-refractivity contribution in [3.05, 3.63) is 28.8 Å². The van der Waals surface area contributed by atoms with Gasteiger partial charge >= 0.3 is 5.97 Å². The summed E-state index contributed by atoms with van der Waals surface area (Å²) in [5.41, 5.74) is 2.45. The van der Waals surface area contributed by atoms with Crippen LogP contribution in [0.3, 0.4) is 0 Å². The summed E-state index contributed by atoms with van der Waals surface area (Å²) in [5.74, 6) is -0.689. The Morgan fingerprint density at radius 2 is 1.71 bits per heavy atom. The number of benzene rings is 1. The van der Waals surface area contributed by atoms with Crippen LogP contribution in [0.5, 0.6) is 5.75 Å². The summed E-state index contributed by atoms with van der Waals surface area (Å²) in [4.78, 5) is 11.1. The monoisotopic (exact) mass is 234 g/mol. The highest BCUT2D eigenvalue weighted by atomic mass is 16.4. The van der Waals surface area contributed by atoms with Crippen LogP contribution in [0.15, 0.2) is 12.1 Å². The minimum Gasteiger partial charge on any atom is -0.507 e. The van der Waals surface area contributed by atoms with Gasteiger partial charge in [-0.25, -0.2) is 0 Å². The fraction of sp³-hybridized carbons (Fsp3) is 0.500. The summed E-state index contributed by atoms with van der Waals surface area (Å²) in [6, 6.07) is 3.80. The first-order valence-corrected chi connectivity index (χ1v) is 5.79. The molecule has 2 atom stereocenters. The van der Waals surface area contributed by atoms with Gasteiger partial charge in [-0.05, 0) is 36.0 Å². The van der Waals surface area contributed by atoms with E-state index < -0.39 is 5.97 Å². The van der Waals surface area contributed by atoms with E-state index in [1.165, 1.54) is 0 Å². The minimum atomic E-state index is -0.733. The molecule has 2 N–H and O–H groups in total. The van der Waals surface area contributed by atoms with Gasteiger partial charge in [-0.3, -0.25) is 4.79 Å². The molecule has 0 amide bonds. The average molecular weight is 234 g/mol. The van der Waals surface area contributed by atoms with Gasteiger partial charge in [0.2, 0.25) is 0 Å². The molecule has 0 heterocycles. The zero-order valence-corrected chi connectivity index (χ0v) is 10.6. The molecule has 0 radical (unpaired) electrons. The lowest BCUT2D eigenvalue weighted by atomic mass is 9.98. The molecule has 3 heteroatoms. The number of aryl methyl sites for hydroxylation is 2. The lowest BCUT2D eigenvalue weighted by Crippen LogP contribution is -2.03. The van der Waals surface area contributed by atoms with Gasteiger partial charge in [0.15, 0.2) is 0 Å². The van der Waals surface area contributed by atoms with E-state index in [9.17, 15) is 9.90 Å². The quantitative estimate of drug-likeness (QED) is 0.827. The van der Waals surface area contributed by atoms with E-state index in [1.807, 2.05) is 39.8 Å². The molecule has 0 bridgehead atoms. The molecule has 1 fully saturated rings. The summed E-state index contributed by atoms with van der Waals surface area (Å²) in [6.45, 7) is 7.65. The Morgan fingerprint density at radius 3 is 2.06 bits per heavy atom. The van der Waals surface area contributed by atoms with Crippen LogP contribution in [0.2, 0.25) is 0 Å². The first-order valence-electron chi connectivity index (χ1n) is 5.79. The first kappa shape index (κ1) is 12.0. The fourth-order valence-electron chi connectivity index (χ4n) is 2.89. The average Bonchev–Trinajstić information content (AvgIpc) is 2.77. The van der Waals surface area contributed by atoms with Crippen molar-refractivity contribution < 1.29 is 15.0 Å². The fourth-order valence-corrected chi connectivity index (χ4v) is 2.89. The third-order valence-electron chi connectivity index (χ3n) is 3.97. The van der Waals surface area contributed by atoms with Crippen molar-refractivity contribution in [2.75, 3.05) is 0 Å². The number of hydrogen-bond acceptors (Lipinski definition) is 2. The van der Waals surface area contributed by atoms with Crippen LogP contribution < -0.4 is 0 Å². The van der Waals surface area contributed by atoms with Crippen molar-refractivity contribution in [2.45, 2.75) is 33.6 Å². The molecule has 1 saturated carbocycles. The van der Waals surface area contributed by atoms with Crippen molar-refractivity contribution in [3.8, 4) is 5.75 Å². The van der Waals surface area contributed by atoms with Gasteiger partial charge in [-0.15, -0.1) is 0 Å². The second-order valence-electron chi connectivity index (χ2n) is 5.62. The van der Waals surface area contributed by atoms with E-state index in [0.717, 1.165) is 16.7 Å². The highest BCUT2D eigenvalue weighted by Crippen LogP contribution is 2.64. The Balaban J connectivity index is 2.41. The van der Waals surface area contributed by atoms with Crippen LogP contribution in [0, 0.1) is 25.2 Å². The van der Waals surface area contributed by atoms with E-state index in [-0.39, 0.29) is 17.3 Å². The molecule has 1 aliphatic rings.